The van der Waals surface area contributed by atoms with Crippen molar-refractivity contribution in [2.45, 2.75) is 21.4 Å². The van der Waals surface area contributed by atoms with E-state index in [0.29, 0.717) is 11.0 Å². The lowest BCUT2D eigenvalue weighted by Gasteiger charge is -2.75. The number of rotatable bonds is 2. The van der Waals surface area contributed by atoms with Gasteiger partial charge in [-0.1, -0.05) is 6.07 Å². The van der Waals surface area contributed by atoms with E-state index < -0.39 is 32.7 Å². The number of aromatic amines is 2. The molecule has 0 unspecified atom stereocenters. The van der Waals surface area contributed by atoms with Crippen molar-refractivity contribution in [3.05, 3.63) is 52.6 Å². The molecule has 3 heterocycles. The van der Waals surface area contributed by atoms with Gasteiger partial charge in [0.25, 0.3) is 5.56 Å². The number of imidazole rings is 1. The van der Waals surface area contributed by atoms with Crippen LogP contribution in [-0.4, -0.2) is 111 Å². The topological polar surface area (TPSA) is 94.0 Å². The highest BCUT2D eigenvalue weighted by atomic mass is 19.1. The molecular formula is C21H13B8FN6O. The summed E-state index contributed by atoms with van der Waals surface area (Å²) >= 11 is 0. The van der Waals surface area contributed by atoms with Gasteiger partial charge in [-0.2, -0.15) is 0 Å². The first-order valence-corrected chi connectivity index (χ1v) is 11.0. The molecule has 4 N–H and O–H groups in total. The molecule has 2 aromatic carbocycles. The number of fused-ring (bicyclic) bond motifs is 2. The van der Waals surface area contributed by atoms with Gasteiger partial charge in [0.2, 0.25) is 0 Å². The number of nitrogen functional groups attached to an aromatic ring is 1. The number of nitrogens with one attached hydrogen (secondary N) is 2. The Hall–Kier alpha value is -2.87. The zero-order valence-corrected chi connectivity index (χ0v) is 19.8. The Balaban J connectivity index is 1.69. The Morgan fingerprint density at radius 1 is 0.892 bits per heavy atom. The van der Waals surface area contributed by atoms with Gasteiger partial charge in [0.1, 0.15) is 17.2 Å². The largest absolute Gasteiger partial charge is 0.397 e. The van der Waals surface area contributed by atoms with Crippen LogP contribution in [0.15, 0.2) is 41.2 Å². The van der Waals surface area contributed by atoms with Gasteiger partial charge in [0.05, 0.1) is 90.4 Å². The number of nitrogens with two attached hydrogens (primary N) is 1. The summed E-state index contributed by atoms with van der Waals surface area (Å²) in [5.74, 6) is -0.503. The normalized spacial score (nSPS) is 20.3. The molecule has 2 aromatic heterocycles. The standard InChI is InChI=1S/C21H13B8FN6O/c1-35-18(22,23)20(26,27)36(21(28,29)19(35,24)25)8-5-6-10-12(7-8)33-16(32-10)14-15(31)13-9(30)3-2-4-11(13)34-17(14)37/h2-7H,1H3,(H,32,33)(H3,31,34,37). The number of hydrogen-bond acceptors (Lipinski definition) is 5. The second-order valence-electron chi connectivity index (χ2n) is 9.39. The molecule has 5 rings (SSSR count). The number of likely N-dealkylation sites (N-methyl/N-ethyl adjacent to an activating group) is 1. The molecule has 37 heavy (non-hydrogen) atoms. The average molecular weight is 471 g/mol. The molecule has 0 bridgehead atoms. The fourth-order valence-electron chi connectivity index (χ4n) is 4.76. The monoisotopic (exact) mass is 472 g/mol. The Labute approximate surface area is 223 Å². The number of anilines is 2. The van der Waals surface area contributed by atoms with E-state index in [2.05, 4.69) is 15.0 Å². The van der Waals surface area contributed by atoms with Crippen LogP contribution in [0.4, 0.5) is 15.8 Å². The van der Waals surface area contributed by atoms with Crippen molar-refractivity contribution in [3.8, 4) is 11.4 Å². The summed E-state index contributed by atoms with van der Waals surface area (Å²) in [5.41, 5.74) is 6.83. The number of aromatic nitrogens is 3. The molecule has 0 amide bonds. The summed E-state index contributed by atoms with van der Waals surface area (Å²) in [7, 11) is 51.9. The quantitative estimate of drug-likeness (QED) is 0.310. The lowest BCUT2D eigenvalue weighted by molar-refractivity contribution is 0.141. The summed E-state index contributed by atoms with van der Waals surface area (Å²) in [6.07, 6.45) is 0. The Morgan fingerprint density at radius 3 is 2.14 bits per heavy atom. The molecule has 1 aliphatic rings. The van der Waals surface area contributed by atoms with Crippen molar-refractivity contribution in [3.63, 3.8) is 0 Å². The van der Waals surface area contributed by atoms with Crippen molar-refractivity contribution in [1.29, 1.82) is 0 Å². The number of hydrogen-bond donors (Lipinski definition) is 3. The minimum Gasteiger partial charge on any atom is -0.397 e. The van der Waals surface area contributed by atoms with Crippen LogP contribution in [0.2, 0.25) is 0 Å². The third-order valence-corrected chi connectivity index (χ3v) is 7.12. The summed E-state index contributed by atoms with van der Waals surface area (Å²) in [4.78, 5) is 25.1. The summed E-state index contributed by atoms with van der Waals surface area (Å²) in [6.45, 7) is 0. The smallest absolute Gasteiger partial charge is 0.261 e. The van der Waals surface area contributed by atoms with Crippen molar-refractivity contribution < 1.29 is 4.39 Å². The van der Waals surface area contributed by atoms with E-state index in [1.54, 1.807) is 18.2 Å². The van der Waals surface area contributed by atoms with E-state index in [9.17, 15) is 9.18 Å². The maximum Gasteiger partial charge on any atom is 0.261 e. The van der Waals surface area contributed by atoms with E-state index in [4.69, 9.17) is 68.5 Å². The highest BCUT2D eigenvalue weighted by Gasteiger charge is 2.58. The first kappa shape index (κ1) is 25.8. The van der Waals surface area contributed by atoms with Gasteiger partial charge < -0.3 is 25.5 Å². The van der Waals surface area contributed by atoms with Gasteiger partial charge in [-0.05, 0) is 58.7 Å². The molecule has 4 aromatic rings. The number of halogens is 1. The van der Waals surface area contributed by atoms with Crippen LogP contribution in [-0.2, 0) is 0 Å². The highest BCUT2D eigenvalue weighted by Crippen LogP contribution is 2.44. The van der Waals surface area contributed by atoms with Gasteiger partial charge in [-0.15, -0.1) is 0 Å². The molecular weight excluding hydrogens is 458 g/mol. The molecule has 0 spiro atoms. The fraction of sp³-hybridized carbons (Fsp3) is 0.238. The molecule has 1 fully saturated rings. The fourth-order valence-corrected chi connectivity index (χ4v) is 4.76. The summed E-state index contributed by atoms with van der Waals surface area (Å²) < 4.78 is 14.5. The average Bonchev–Trinajstić information content (AvgIpc) is 3.19. The maximum absolute atomic E-state index is 14.5. The Morgan fingerprint density at radius 2 is 1.51 bits per heavy atom. The number of nitrogens with zero attached hydrogens (tertiary/aromatic N) is 3. The summed E-state index contributed by atoms with van der Waals surface area (Å²) in [6, 6.07) is 8.90. The van der Waals surface area contributed by atoms with Crippen molar-refractivity contribution in [1.82, 2.24) is 19.9 Å². The zero-order chi connectivity index (χ0) is 27.3. The van der Waals surface area contributed by atoms with Crippen molar-refractivity contribution in [2.75, 3.05) is 17.7 Å². The molecule has 16 heteroatoms. The van der Waals surface area contributed by atoms with Crippen LogP contribution in [0.1, 0.15) is 0 Å². The van der Waals surface area contributed by atoms with Gasteiger partial charge in [0, 0.05) is 5.69 Å². The van der Waals surface area contributed by atoms with E-state index in [1.807, 2.05) is 0 Å². The van der Waals surface area contributed by atoms with Gasteiger partial charge >= 0.3 is 0 Å². The predicted molar refractivity (Wildman–Crippen MR) is 151 cm³/mol. The number of piperazine rings is 1. The first-order valence-electron chi connectivity index (χ1n) is 11.0. The molecule has 1 saturated heterocycles. The van der Waals surface area contributed by atoms with Gasteiger partial charge in [-0.3, -0.25) is 4.79 Å². The molecule has 1 aliphatic heterocycles. The third kappa shape index (κ3) is 3.33. The van der Waals surface area contributed by atoms with Crippen LogP contribution in [0.3, 0.4) is 0 Å². The van der Waals surface area contributed by atoms with E-state index in [0.717, 1.165) is 9.80 Å². The lowest BCUT2D eigenvalue weighted by atomic mass is 9.26. The van der Waals surface area contributed by atoms with E-state index >= 15 is 0 Å². The lowest BCUT2D eigenvalue weighted by Crippen LogP contribution is -2.91. The van der Waals surface area contributed by atoms with Crippen LogP contribution < -0.4 is 16.2 Å². The third-order valence-electron chi connectivity index (χ3n) is 7.12. The van der Waals surface area contributed by atoms with Crippen LogP contribution in [0.25, 0.3) is 33.3 Å². The van der Waals surface area contributed by atoms with Crippen molar-refractivity contribution >= 4 is 96.1 Å². The SMILES string of the molecule is [B]C1([B])N(C)C([B])([B])C([B])([B])N(c2ccc3nc(-c4c(N)c5c(F)cccc5[nH]c4=O)[nH]c3c2)C1([B])[B]. The van der Waals surface area contributed by atoms with Crippen molar-refractivity contribution in [2.24, 2.45) is 0 Å². The van der Waals surface area contributed by atoms with E-state index in [1.165, 1.54) is 25.2 Å². The highest BCUT2D eigenvalue weighted by molar-refractivity contribution is 6.62. The van der Waals surface area contributed by atoms with Gasteiger partial charge in [-0.25, -0.2) is 9.37 Å². The van der Waals surface area contributed by atoms with Crippen LogP contribution in [0.5, 0.6) is 0 Å². The predicted octanol–water partition coefficient (Wildman–Crippen LogP) is -1.49. The Kier molecular flexibility index (Phi) is 5.45. The Bertz CT molecular complexity index is 1610. The second kappa shape index (κ2) is 7.82. The molecule has 7 nitrogen and oxygen atoms in total. The number of benzene rings is 2. The van der Waals surface area contributed by atoms with Crippen LogP contribution in [0, 0.1) is 5.82 Å². The molecule has 0 saturated carbocycles. The number of H-pyrrole nitrogens is 2. The maximum atomic E-state index is 14.5. The number of pyridine rings is 1. The minimum absolute atomic E-state index is 0.0418. The minimum atomic E-state index is -2.08. The molecule has 16 radical (unpaired) electrons. The van der Waals surface area contributed by atoms with Crippen LogP contribution >= 0.6 is 0 Å². The molecule has 0 atom stereocenters. The first-order chi connectivity index (χ1) is 17.0. The van der Waals surface area contributed by atoms with Gasteiger partial charge in [0.15, 0.2) is 0 Å². The molecule has 164 valence electrons. The molecule has 0 aliphatic carbocycles. The van der Waals surface area contributed by atoms with E-state index in [-0.39, 0.29) is 33.7 Å². The second-order valence-corrected chi connectivity index (χ2v) is 9.39. The summed E-state index contributed by atoms with van der Waals surface area (Å²) in [5, 5.41) is -8.09. The zero-order valence-electron chi connectivity index (χ0n) is 19.8.